The van der Waals surface area contributed by atoms with Gasteiger partial charge in [0.1, 0.15) is 15.5 Å². The zero-order chi connectivity index (χ0) is 16.3. The number of aryl methyl sites for hydroxylation is 2. The van der Waals surface area contributed by atoms with Crippen LogP contribution in [0.2, 0.25) is 0 Å². The van der Waals surface area contributed by atoms with Crippen LogP contribution in [-0.2, 0) is 11.3 Å². The highest BCUT2D eigenvalue weighted by atomic mass is 32.1. The Labute approximate surface area is 132 Å². The van der Waals surface area contributed by atoms with Gasteiger partial charge in [0.05, 0.1) is 18.1 Å². The molecule has 0 aliphatic rings. The molecule has 2 rings (SSSR count). The number of unbranched alkanes of at least 4 members (excludes halogenated alkanes) is 1. The number of hydrogen-bond donors (Lipinski definition) is 0. The number of hydrogen-bond acceptors (Lipinski definition) is 6. The van der Waals surface area contributed by atoms with Crippen molar-refractivity contribution in [2.45, 2.75) is 40.2 Å². The van der Waals surface area contributed by atoms with Crippen LogP contribution < -0.4 is 5.56 Å². The number of aromatic nitrogens is 2. The van der Waals surface area contributed by atoms with Crippen molar-refractivity contribution in [2.75, 3.05) is 6.61 Å². The average Bonchev–Trinajstić information content (AvgIpc) is 2.80. The predicted molar refractivity (Wildman–Crippen MR) is 84.2 cm³/mol. The first-order valence-electron chi connectivity index (χ1n) is 7.05. The minimum Gasteiger partial charge on any atom is -0.462 e. The van der Waals surface area contributed by atoms with Crippen LogP contribution >= 0.6 is 11.3 Å². The fourth-order valence-corrected chi connectivity index (χ4v) is 3.40. The summed E-state index contributed by atoms with van der Waals surface area (Å²) in [6.45, 7) is 5.98. The molecule has 0 saturated heterocycles. The summed E-state index contributed by atoms with van der Waals surface area (Å²) in [5.74, 6) is 0.170. The Morgan fingerprint density at radius 2 is 2.18 bits per heavy atom. The topological polar surface area (TPSA) is 85.0 Å². The van der Waals surface area contributed by atoms with E-state index in [1.54, 1.807) is 25.3 Å². The van der Waals surface area contributed by atoms with Gasteiger partial charge in [0.25, 0.3) is 5.56 Å². The minimum absolute atomic E-state index is 0.162. The average molecular weight is 319 g/mol. The number of nitrogens with zero attached hydrogens (tertiary/aromatic N) is 3. The largest absolute Gasteiger partial charge is 0.462 e. The predicted octanol–water partition coefficient (Wildman–Crippen LogP) is 2.56. The van der Waals surface area contributed by atoms with Crippen LogP contribution in [0.25, 0.3) is 10.2 Å². The Kier molecular flexibility index (Phi) is 4.93. The molecule has 0 radical (unpaired) electrons. The molecule has 0 N–H and O–H groups in total. The van der Waals surface area contributed by atoms with Gasteiger partial charge < -0.3 is 4.74 Å². The number of ether oxygens (including phenoxy) is 1. The fraction of sp³-hybridized carbons (Fsp3) is 0.467. The van der Waals surface area contributed by atoms with E-state index in [-0.39, 0.29) is 12.2 Å². The Hall–Kier alpha value is -2.20. The third-order valence-corrected chi connectivity index (χ3v) is 4.54. The van der Waals surface area contributed by atoms with E-state index in [0.717, 1.165) is 0 Å². The van der Waals surface area contributed by atoms with Crippen LogP contribution in [0.5, 0.6) is 0 Å². The molecule has 0 unspecified atom stereocenters. The number of rotatable bonds is 5. The van der Waals surface area contributed by atoms with Crippen molar-refractivity contribution in [3.8, 4) is 6.07 Å². The monoisotopic (exact) mass is 319 g/mol. The van der Waals surface area contributed by atoms with E-state index >= 15 is 0 Å². The zero-order valence-electron chi connectivity index (χ0n) is 12.8. The Morgan fingerprint density at radius 1 is 1.45 bits per heavy atom. The molecule has 0 amide bonds. The van der Waals surface area contributed by atoms with Crippen LogP contribution in [0.4, 0.5) is 0 Å². The minimum atomic E-state index is -0.420. The molecule has 2 aromatic heterocycles. The van der Waals surface area contributed by atoms with E-state index in [2.05, 4.69) is 11.1 Å². The maximum absolute atomic E-state index is 12.7. The molecule has 2 aromatic rings. The summed E-state index contributed by atoms with van der Waals surface area (Å²) in [7, 11) is 0. The summed E-state index contributed by atoms with van der Waals surface area (Å²) < 4.78 is 6.58. The zero-order valence-corrected chi connectivity index (χ0v) is 13.6. The summed E-state index contributed by atoms with van der Waals surface area (Å²) in [6.07, 6.45) is 0.985. The van der Waals surface area contributed by atoms with Crippen LogP contribution in [0.15, 0.2) is 4.79 Å². The van der Waals surface area contributed by atoms with Gasteiger partial charge in [-0.1, -0.05) is 0 Å². The van der Waals surface area contributed by atoms with E-state index in [1.165, 1.54) is 11.3 Å². The van der Waals surface area contributed by atoms with Gasteiger partial charge in [-0.25, -0.2) is 9.78 Å². The quantitative estimate of drug-likeness (QED) is 0.624. The second-order valence-corrected chi connectivity index (χ2v) is 5.83. The molecule has 0 atom stereocenters. The van der Waals surface area contributed by atoms with Crippen LogP contribution in [0.1, 0.15) is 40.8 Å². The second-order valence-electron chi connectivity index (χ2n) is 4.83. The maximum atomic E-state index is 12.7. The number of carbonyl (C=O) groups excluding carboxylic acids is 1. The lowest BCUT2D eigenvalue weighted by molar-refractivity contribution is 0.0531. The Morgan fingerprint density at radius 3 is 2.82 bits per heavy atom. The molecule has 0 aromatic carbocycles. The number of fused-ring (bicyclic) bond motifs is 1. The molecule has 0 fully saturated rings. The molecule has 2 heterocycles. The van der Waals surface area contributed by atoms with E-state index in [1.807, 2.05) is 0 Å². The summed E-state index contributed by atoms with van der Waals surface area (Å²) >= 11 is 1.19. The van der Waals surface area contributed by atoms with Gasteiger partial charge >= 0.3 is 5.97 Å². The summed E-state index contributed by atoms with van der Waals surface area (Å²) in [6, 6.07) is 2.06. The first-order chi connectivity index (χ1) is 10.5. The third-order valence-electron chi connectivity index (χ3n) is 3.37. The molecule has 22 heavy (non-hydrogen) atoms. The smallest absolute Gasteiger partial charge is 0.348 e. The van der Waals surface area contributed by atoms with Gasteiger partial charge in [-0.3, -0.25) is 9.36 Å². The van der Waals surface area contributed by atoms with Crippen molar-refractivity contribution < 1.29 is 9.53 Å². The van der Waals surface area contributed by atoms with Gasteiger partial charge in [-0.2, -0.15) is 5.26 Å². The maximum Gasteiger partial charge on any atom is 0.348 e. The number of esters is 1. The number of nitriles is 1. The van der Waals surface area contributed by atoms with Crippen molar-refractivity contribution in [3.05, 3.63) is 26.6 Å². The normalized spacial score (nSPS) is 10.6. The molecule has 0 aliphatic heterocycles. The number of carbonyl (C=O) groups is 1. The van der Waals surface area contributed by atoms with Crippen molar-refractivity contribution >= 4 is 27.5 Å². The summed E-state index contributed by atoms with van der Waals surface area (Å²) in [5, 5.41) is 9.08. The molecule has 0 spiro atoms. The molecule has 7 heteroatoms. The van der Waals surface area contributed by atoms with Gasteiger partial charge in [0, 0.05) is 13.0 Å². The van der Waals surface area contributed by atoms with Crippen LogP contribution in [0, 0.1) is 25.2 Å². The molecular weight excluding hydrogens is 302 g/mol. The molecule has 0 aliphatic carbocycles. The lowest BCUT2D eigenvalue weighted by atomic mass is 10.2. The van der Waals surface area contributed by atoms with E-state index in [4.69, 9.17) is 10.00 Å². The molecule has 0 saturated carbocycles. The van der Waals surface area contributed by atoms with Crippen molar-refractivity contribution in [1.29, 1.82) is 5.26 Å². The molecule has 116 valence electrons. The van der Waals surface area contributed by atoms with Crippen LogP contribution in [-0.4, -0.2) is 22.1 Å². The molecular formula is C15H17N3O3S. The first kappa shape index (κ1) is 16.2. The van der Waals surface area contributed by atoms with E-state index < -0.39 is 5.97 Å². The first-order valence-corrected chi connectivity index (χ1v) is 7.87. The highest BCUT2D eigenvalue weighted by Crippen LogP contribution is 2.28. The van der Waals surface area contributed by atoms with Crippen molar-refractivity contribution in [1.82, 2.24) is 9.55 Å². The molecule has 0 bridgehead atoms. The van der Waals surface area contributed by atoms with Gasteiger partial charge in [0.2, 0.25) is 0 Å². The standard InChI is InChI=1S/C15H17N3O3S/c1-4-21-15(20)12-9(2)11-13(22-12)17-10(3)18(14(11)19)8-6-5-7-16/h4-6,8H2,1-3H3. The van der Waals surface area contributed by atoms with E-state index in [0.29, 0.717) is 45.9 Å². The second kappa shape index (κ2) is 6.71. The SMILES string of the molecule is CCOC(=O)c1sc2nc(C)n(CCCC#N)c(=O)c2c1C. The van der Waals surface area contributed by atoms with Gasteiger partial charge in [-0.15, -0.1) is 11.3 Å². The fourth-order valence-electron chi connectivity index (χ4n) is 2.29. The van der Waals surface area contributed by atoms with Gasteiger partial charge in [0.15, 0.2) is 0 Å². The van der Waals surface area contributed by atoms with Crippen molar-refractivity contribution in [2.24, 2.45) is 0 Å². The Balaban J connectivity index is 2.55. The number of thiophene rings is 1. The lowest BCUT2D eigenvalue weighted by Crippen LogP contribution is -2.24. The Bertz CT molecular complexity index is 814. The lowest BCUT2D eigenvalue weighted by Gasteiger charge is -2.08. The highest BCUT2D eigenvalue weighted by molar-refractivity contribution is 7.20. The van der Waals surface area contributed by atoms with Crippen molar-refractivity contribution in [3.63, 3.8) is 0 Å². The summed E-state index contributed by atoms with van der Waals surface area (Å²) in [4.78, 5) is 30.0. The molecule has 6 nitrogen and oxygen atoms in total. The van der Waals surface area contributed by atoms with E-state index in [9.17, 15) is 9.59 Å². The third kappa shape index (κ3) is 2.88. The van der Waals surface area contributed by atoms with Crippen LogP contribution in [0.3, 0.4) is 0 Å². The van der Waals surface area contributed by atoms with Gasteiger partial charge in [-0.05, 0) is 32.8 Å². The highest BCUT2D eigenvalue weighted by Gasteiger charge is 2.21. The summed E-state index contributed by atoms with van der Waals surface area (Å²) in [5.41, 5.74) is 0.453.